The lowest BCUT2D eigenvalue weighted by Gasteiger charge is -2.13. The summed E-state index contributed by atoms with van der Waals surface area (Å²) in [4.78, 5) is 25.6. The summed E-state index contributed by atoms with van der Waals surface area (Å²) in [6, 6.07) is 10.3. The maximum atomic E-state index is 12.8. The molecule has 1 saturated heterocycles. The third-order valence-corrected chi connectivity index (χ3v) is 4.58. The van der Waals surface area contributed by atoms with Crippen LogP contribution in [0.5, 0.6) is 11.5 Å². The number of nitrogens with one attached hydrogen (secondary N) is 1. The Hall–Kier alpha value is -3.03. The summed E-state index contributed by atoms with van der Waals surface area (Å²) in [5.74, 6) is 0.141. The third-order valence-electron chi connectivity index (χ3n) is 4.58. The topological polar surface area (TPSA) is 58.6 Å². The molecule has 0 aliphatic carbocycles. The van der Waals surface area contributed by atoms with Crippen molar-refractivity contribution < 1.29 is 27.5 Å². The maximum absolute atomic E-state index is 12.8. The number of alkyl halides is 3. The van der Waals surface area contributed by atoms with Crippen molar-refractivity contribution in [1.82, 2.24) is 10.2 Å². The zero-order chi connectivity index (χ0) is 21.0. The molecular formula is C21H21F3N2O3. The van der Waals surface area contributed by atoms with Crippen LogP contribution >= 0.6 is 0 Å². The number of nitrogens with zero attached hydrogens (tertiary/aromatic N) is 1. The number of benzene rings is 2. The summed E-state index contributed by atoms with van der Waals surface area (Å²) in [7, 11) is 0. The SMILES string of the molecule is CCCCN1C(=O)NC(Cc2cccc(Oc3cccc(C(F)(F)F)c3)c2)C1=O. The molecule has 1 aliphatic heterocycles. The van der Waals surface area contributed by atoms with Crippen molar-refractivity contribution in [3.63, 3.8) is 0 Å². The van der Waals surface area contributed by atoms with E-state index >= 15 is 0 Å². The van der Waals surface area contributed by atoms with E-state index in [2.05, 4.69) is 5.32 Å². The molecule has 1 heterocycles. The summed E-state index contributed by atoms with van der Waals surface area (Å²) < 4.78 is 44.1. The number of unbranched alkanes of at least 4 members (excludes halogenated alkanes) is 1. The van der Waals surface area contributed by atoms with E-state index in [1.54, 1.807) is 24.3 Å². The molecule has 0 spiro atoms. The first kappa shape index (κ1) is 20.7. The van der Waals surface area contributed by atoms with E-state index in [1.165, 1.54) is 17.0 Å². The summed E-state index contributed by atoms with van der Waals surface area (Å²) >= 11 is 0. The second-order valence-corrected chi connectivity index (χ2v) is 6.82. The summed E-state index contributed by atoms with van der Waals surface area (Å²) in [5, 5.41) is 2.68. The number of amides is 3. The Morgan fingerprint density at radius 1 is 1.07 bits per heavy atom. The predicted molar refractivity (Wildman–Crippen MR) is 101 cm³/mol. The van der Waals surface area contributed by atoms with Crippen molar-refractivity contribution in [1.29, 1.82) is 0 Å². The fourth-order valence-electron chi connectivity index (χ4n) is 3.09. The van der Waals surface area contributed by atoms with Crippen LogP contribution in [0, 0.1) is 0 Å². The molecule has 29 heavy (non-hydrogen) atoms. The second-order valence-electron chi connectivity index (χ2n) is 6.82. The second kappa shape index (κ2) is 8.55. The van der Waals surface area contributed by atoms with Crippen LogP contribution in [0.1, 0.15) is 30.9 Å². The van der Waals surface area contributed by atoms with Gasteiger partial charge in [0.15, 0.2) is 0 Å². The highest BCUT2D eigenvalue weighted by Crippen LogP contribution is 2.33. The highest BCUT2D eigenvalue weighted by Gasteiger charge is 2.37. The molecule has 0 bridgehead atoms. The molecule has 0 aromatic heterocycles. The lowest BCUT2D eigenvalue weighted by Crippen LogP contribution is -2.33. The normalized spacial score (nSPS) is 16.8. The largest absolute Gasteiger partial charge is 0.457 e. The number of hydrogen-bond acceptors (Lipinski definition) is 3. The van der Waals surface area contributed by atoms with Crippen molar-refractivity contribution in [3.05, 3.63) is 59.7 Å². The van der Waals surface area contributed by atoms with Crippen LogP contribution in [0.25, 0.3) is 0 Å². The Labute approximate surface area is 166 Å². The Bertz CT molecular complexity index is 899. The molecule has 2 aromatic carbocycles. The van der Waals surface area contributed by atoms with E-state index < -0.39 is 23.8 Å². The Morgan fingerprint density at radius 3 is 2.45 bits per heavy atom. The molecule has 3 rings (SSSR count). The highest BCUT2D eigenvalue weighted by atomic mass is 19.4. The van der Waals surface area contributed by atoms with Gasteiger partial charge in [0.25, 0.3) is 5.91 Å². The smallest absolute Gasteiger partial charge is 0.416 e. The number of carbonyl (C=O) groups is 2. The molecule has 2 aromatic rings. The molecule has 1 fully saturated rings. The number of rotatable bonds is 7. The minimum Gasteiger partial charge on any atom is -0.457 e. The summed E-state index contributed by atoms with van der Waals surface area (Å²) in [6.07, 6.45) is -2.57. The van der Waals surface area contributed by atoms with E-state index in [0.29, 0.717) is 12.3 Å². The zero-order valence-corrected chi connectivity index (χ0v) is 15.8. The average Bonchev–Trinajstić information content (AvgIpc) is 2.93. The van der Waals surface area contributed by atoms with Gasteiger partial charge in [-0.1, -0.05) is 31.5 Å². The fourth-order valence-corrected chi connectivity index (χ4v) is 3.09. The van der Waals surface area contributed by atoms with Crippen molar-refractivity contribution in [2.24, 2.45) is 0 Å². The van der Waals surface area contributed by atoms with Gasteiger partial charge in [-0.05, 0) is 42.3 Å². The van der Waals surface area contributed by atoms with Crippen LogP contribution in [0.4, 0.5) is 18.0 Å². The van der Waals surface area contributed by atoms with Gasteiger partial charge in [-0.3, -0.25) is 9.69 Å². The van der Waals surface area contributed by atoms with Gasteiger partial charge >= 0.3 is 12.2 Å². The first-order valence-corrected chi connectivity index (χ1v) is 9.34. The predicted octanol–water partition coefficient (Wildman–Crippen LogP) is 4.76. The van der Waals surface area contributed by atoms with Gasteiger partial charge in [0, 0.05) is 13.0 Å². The van der Waals surface area contributed by atoms with E-state index in [0.717, 1.165) is 30.5 Å². The zero-order valence-electron chi connectivity index (χ0n) is 15.8. The van der Waals surface area contributed by atoms with E-state index in [4.69, 9.17) is 4.74 Å². The first-order chi connectivity index (χ1) is 13.8. The van der Waals surface area contributed by atoms with Gasteiger partial charge in [-0.2, -0.15) is 13.2 Å². The Morgan fingerprint density at radius 2 is 1.76 bits per heavy atom. The molecule has 5 nitrogen and oxygen atoms in total. The standard InChI is InChI=1S/C21H21F3N2O3/c1-2-3-10-26-19(27)18(25-20(26)28)12-14-6-4-8-16(11-14)29-17-9-5-7-15(13-17)21(22,23)24/h4-9,11,13,18H,2-3,10,12H2,1H3,(H,25,28). The number of halogens is 3. The highest BCUT2D eigenvalue weighted by molar-refractivity contribution is 6.04. The van der Waals surface area contributed by atoms with E-state index in [9.17, 15) is 22.8 Å². The minimum atomic E-state index is -4.45. The molecule has 1 unspecified atom stereocenters. The van der Waals surface area contributed by atoms with Gasteiger partial charge in [0.1, 0.15) is 17.5 Å². The van der Waals surface area contributed by atoms with Crippen molar-refractivity contribution >= 4 is 11.9 Å². The molecule has 0 saturated carbocycles. The molecule has 1 atom stereocenters. The van der Waals surface area contributed by atoms with Gasteiger partial charge in [-0.15, -0.1) is 0 Å². The molecule has 1 aliphatic rings. The molecule has 1 N–H and O–H groups in total. The Kier molecular flexibility index (Phi) is 6.10. The number of ether oxygens (including phenoxy) is 1. The molecule has 3 amide bonds. The quantitative estimate of drug-likeness (QED) is 0.675. The molecule has 8 heteroatoms. The lowest BCUT2D eigenvalue weighted by molar-refractivity contribution is -0.137. The van der Waals surface area contributed by atoms with Gasteiger partial charge in [0.2, 0.25) is 0 Å². The maximum Gasteiger partial charge on any atom is 0.416 e. The number of carbonyl (C=O) groups excluding carboxylic acids is 2. The first-order valence-electron chi connectivity index (χ1n) is 9.34. The molecule has 0 radical (unpaired) electrons. The molecule has 154 valence electrons. The van der Waals surface area contributed by atoms with Crippen molar-refractivity contribution in [2.45, 2.75) is 38.4 Å². The van der Waals surface area contributed by atoms with Crippen LogP contribution in [0.3, 0.4) is 0 Å². The van der Waals surface area contributed by atoms with Crippen LogP contribution < -0.4 is 10.1 Å². The average molecular weight is 406 g/mol. The monoisotopic (exact) mass is 406 g/mol. The number of hydrogen-bond donors (Lipinski definition) is 1. The molecular weight excluding hydrogens is 385 g/mol. The van der Waals surface area contributed by atoms with Crippen LogP contribution in [-0.2, 0) is 17.4 Å². The summed E-state index contributed by atoms with van der Waals surface area (Å²) in [6.45, 7) is 2.36. The van der Waals surface area contributed by atoms with Crippen molar-refractivity contribution in [2.75, 3.05) is 6.54 Å². The van der Waals surface area contributed by atoms with Crippen LogP contribution in [0.15, 0.2) is 48.5 Å². The lowest BCUT2D eigenvalue weighted by atomic mass is 10.1. The number of urea groups is 1. The third kappa shape index (κ3) is 5.07. The van der Waals surface area contributed by atoms with Crippen LogP contribution in [0.2, 0.25) is 0 Å². The minimum absolute atomic E-state index is 0.0629. The van der Waals surface area contributed by atoms with Gasteiger partial charge < -0.3 is 10.1 Å². The van der Waals surface area contributed by atoms with Crippen molar-refractivity contribution in [3.8, 4) is 11.5 Å². The Balaban J connectivity index is 1.69. The number of imide groups is 1. The fraction of sp³-hybridized carbons (Fsp3) is 0.333. The van der Waals surface area contributed by atoms with Crippen LogP contribution in [-0.4, -0.2) is 29.4 Å². The van der Waals surface area contributed by atoms with E-state index in [-0.39, 0.29) is 18.1 Å². The van der Waals surface area contributed by atoms with E-state index in [1.807, 2.05) is 6.92 Å². The summed E-state index contributed by atoms with van der Waals surface area (Å²) in [5.41, 5.74) is -0.0666. The van der Waals surface area contributed by atoms with Gasteiger partial charge in [-0.25, -0.2) is 4.79 Å². The van der Waals surface area contributed by atoms with Gasteiger partial charge in [0.05, 0.1) is 5.56 Å².